The Morgan fingerprint density at radius 3 is 2.33 bits per heavy atom. The lowest BCUT2D eigenvalue weighted by molar-refractivity contribution is -0.123. The van der Waals surface area contributed by atoms with Crippen molar-refractivity contribution in [1.29, 1.82) is 0 Å². The number of benzene rings is 2. The molecule has 0 radical (unpaired) electrons. The van der Waals surface area contributed by atoms with Crippen molar-refractivity contribution in [2.75, 3.05) is 16.8 Å². The summed E-state index contributed by atoms with van der Waals surface area (Å²) in [5.41, 5.74) is 4.26. The Morgan fingerprint density at radius 2 is 1.70 bits per heavy atom. The molecule has 8 heteroatoms. The number of nitrogens with zero attached hydrogens (tertiary/aromatic N) is 4. The van der Waals surface area contributed by atoms with Gasteiger partial charge in [0.05, 0.1) is 5.69 Å². The number of aryl methyl sites for hydroxylation is 3. The molecular formula is C22H23N5O3. The molecule has 8 nitrogen and oxygen atoms in total. The van der Waals surface area contributed by atoms with Crippen LogP contribution in [0.1, 0.15) is 23.6 Å². The highest BCUT2D eigenvalue weighted by Gasteiger charge is 2.55. The molecule has 0 bridgehead atoms. The summed E-state index contributed by atoms with van der Waals surface area (Å²) in [7, 11) is 0. The third-order valence-corrected chi connectivity index (χ3v) is 5.27. The van der Waals surface area contributed by atoms with E-state index >= 15 is 0 Å². The number of anilines is 2. The van der Waals surface area contributed by atoms with E-state index < -0.39 is 23.9 Å². The van der Waals surface area contributed by atoms with E-state index in [4.69, 9.17) is 0 Å². The molecule has 2 aromatic rings. The van der Waals surface area contributed by atoms with Crippen LogP contribution in [0, 0.1) is 13.8 Å². The number of rotatable bonds is 5. The van der Waals surface area contributed by atoms with Crippen LogP contribution in [0.25, 0.3) is 0 Å². The van der Waals surface area contributed by atoms with Gasteiger partial charge >= 0.3 is 0 Å². The van der Waals surface area contributed by atoms with Gasteiger partial charge < -0.3 is 5.32 Å². The van der Waals surface area contributed by atoms with E-state index in [0.717, 1.165) is 22.4 Å². The molecule has 1 N–H and O–H groups in total. The van der Waals surface area contributed by atoms with Crippen LogP contribution in [-0.2, 0) is 20.8 Å². The van der Waals surface area contributed by atoms with Crippen molar-refractivity contribution in [3.05, 3.63) is 59.2 Å². The summed E-state index contributed by atoms with van der Waals surface area (Å²) < 4.78 is 0. The first-order valence-electron chi connectivity index (χ1n) is 9.89. The average molecular weight is 405 g/mol. The normalized spacial score (nSPS) is 20.1. The van der Waals surface area contributed by atoms with Gasteiger partial charge in [-0.25, -0.2) is 4.90 Å². The smallest absolute Gasteiger partial charge is 0.263 e. The molecule has 1 saturated heterocycles. The molecule has 0 aliphatic carbocycles. The molecule has 2 aliphatic rings. The standard InChI is InChI=1S/C22H23N5O3/c1-4-15-5-7-16(8-6-15)23-18(28)12-26-20-19(24-25-26)21(29)27(22(20)30)17-10-13(2)9-14(3)11-17/h5-11,19-20H,4,12H2,1-3H3,(H,23,28)/t19-,20-/m0/s1. The number of amides is 3. The van der Waals surface area contributed by atoms with Crippen LogP contribution in [-0.4, -0.2) is 41.4 Å². The SMILES string of the molecule is CCc1ccc(NC(=O)CN2N=N[C@@H]3C(=O)N(c4cc(C)cc(C)c4)C(=O)[C@H]32)cc1. The number of imide groups is 1. The Kier molecular flexibility index (Phi) is 5.07. The van der Waals surface area contributed by atoms with E-state index in [9.17, 15) is 14.4 Å². The number of hydrogen-bond donors (Lipinski definition) is 1. The van der Waals surface area contributed by atoms with Crippen molar-refractivity contribution in [1.82, 2.24) is 5.01 Å². The number of hydrogen-bond acceptors (Lipinski definition) is 6. The minimum atomic E-state index is -0.921. The monoisotopic (exact) mass is 405 g/mol. The zero-order valence-electron chi connectivity index (χ0n) is 17.1. The summed E-state index contributed by atoms with van der Waals surface area (Å²) in [5, 5.41) is 12.0. The van der Waals surface area contributed by atoms with Crippen molar-refractivity contribution in [3.63, 3.8) is 0 Å². The minimum Gasteiger partial charge on any atom is -0.324 e. The second-order valence-corrected chi connectivity index (χ2v) is 7.65. The van der Waals surface area contributed by atoms with Gasteiger partial charge in [0.15, 0.2) is 12.1 Å². The first-order valence-corrected chi connectivity index (χ1v) is 9.89. The first-order chi connectivity index (χ1) is 14.4. The van der Waals surface area contributed by atoms with Crippen LogP contribution in [0.5, 0.6) is 0 Å². The highest BCUT2D eigenvalue weighted by Crippen LogP contribution is 2.32. The number of carbonyl (C=O) groups excluding carboxylic acids is 3. The van der Waals surface area contributed by atoms with E-state index in [2.05, 4.69) is 22.6 Å². The van der Waals surface area contributed by atoms with Crippen LogP contribution in [0.15, 0.2) is 52.8 Å². The van der Waals surface area contributed by atoms with Crippen molar-refractivity contribution in [2.45, 2.75) is 39.3 Å². The maximum absolute atomic E-state index is 13.1. The molecular weight excluding hydrogens is 382 g/mol. The first kappa shape index (κ1) is 19.8. The number of fused-ring (bicyclic) bond motifs is 1. The predicted octanol–water partition coefficient (Wildman–Crippen LogP) is 2.80. The molecule has 4 rings (SSSR count). The Balaban J connectivity index is 1.48. The van der Waals surface area contributed by atoms with Gasteiger partial charge in [0.1, 0.15) is 6.54 Å². The second kappa shape index (κ2) is 7.70. The van der Waals surface area contributed by atoms with Gasteiger partial charge in [0, 0.05) is 5.69 Å². The zero-order chi connectivity index (χ0) is 21.4. The van der Waals surface area contributed by atoms with E-state index in [1.807, 2.05) is 44.2 Å². The minimum absolute atomic E-state index is 0.167. The summed E-state index contributed by atoms with van der Waals surface area (Å²) in [6, 6.07) is 11.3. The number of carbonyl (C=O) groups is 3. The van der Waals surface area contributed by atoms with Crippen LogP contribution in [0.2, 0.25) is 0 Å². The maximum Gasteiger partial charge on any atom is 0.263 e. The lowest BCUT2D eigenvalue weighted by Crippen LogP contribution is -2.43. The fraction of sp³-hybridized carbons (Fsp3) is 0.318. The third kappa shape index (κ3) is 3.56. The van der Waals surface area contributed by atoms with Crippen molar-refractivity contribution in [2.24, 2.45) is 10.3 Å². The van der Waals surface area contributed by atoms with Crippen LogP contribution < -0.4 is 10.2 Å². The molecule has 0 aromatic heterocycles. The fourth-order valence-electron chi connectivity index (χ4n) is 3.86. The lowest BCUT2D eigenvalue weighted by atomic mass is 10.1. The van der Waals surface area contributed by atoms with Gasteiger partial charge in [-0.15, -0.1) is 0 Å². The van der Waals surface area contributed by atoms with E-state index in [0.29, 0.717) is 11.4 Å². The van der Waals surface area contributed by atoms with Gasteiger partial charge in [-0.05, 0) is 61.2 Å². The molecule has 1 fully saturated rings. The molecule has 154 valence electrons. The van der Waals surface area contributed by atoms with Crippen molar-refractivity contribution < 1.29 is 14.4 Å². The van der Waals surface area contributed by atoms with Gasteiger partial charge in [0.2, 0.25) is 5.91 Å². The highest BCUT2D eigenvalue weighted by atomic mass is 16.2. The molecule has 0 unspecified atom stereocenters. The molecule has 2 atom stereocenters. The molecule has 3 amide bonds. The molecule has 0 spiro atoms. The maximum atomic E-state index is 13.1. The topological polar surface area (TPSA) is 94.4 Å². The van der Waals surface area contributed by atoms with Crippen LogP contribution in [0.4, 0.5) is 11.4 Å². The third-order valence-electron chi connectivity index (χ3n) is 5.27. The highest BCUT2D eigenvalue weighted by molar-refractivity contribution is 6.25. The fourth-order valence-corrected chi connectivity index (χ4v) is 3.86. The molecule has 0 saturated carbocycles. The van der Waals surface area contributed by atoms with Gasteiger partial charge in [-0.3, -0.25) is 19.4 Å². The van der Waals surface area contributed by atoms with Gasteiger partial charge in [-0.2, -0.15) is 5.11 Å². The summed E-state index contributed by atoms with van der Waals surface area (Å²) in [6.07, 6.45) is 0.915. The van der Waals surface area contributed by atoms with Crippen molar-refractivity contribution in [3.8, 4) is 0 Å². The van der Waals surface area contributed by atoms with E-state index in [1.165, 1.54) is 10.6 Å². The number of nitrogens with one attached hydrogen (secondary N) is 1. The summed E-state index contributed by atoms with van der Waals surface area (Å²) in [5.74, 6) is -1.17. The summed E-state index contributed by atoms with van der Waals surface area (Å²) in [6.45, 7) is 5.71. The van der Waals surface area contributed by atoms with Gasteiger partial charge in [-0.1, -0.05) is 30.3 Å². The lowest BCUT2D eigenvalue weighted by Gasteiger charge is -2.20. The second-order valence-electron chi connectivity index (χ2n) is 7.65. The van der Waals surface area contributed by atoms with Crippen LogP contribution >= 0.6 is 0 Å². The Labute approximate surface area is 174 Å². The van der Waals surface area contributed by atoms with E-state index in [-0.39, 0.29) is 12.5 Å². The van der Waals surface area contributed by atoms with Crippen molar-refractivity contribution >= 4 is 29.1 Å². The largest absolute Gasteiger partial charge is 0.324 e. The van der Waals surface area contributed by atoms with Crippen LogP contribution in [0.3, 0.4) is 0 Å². The van der Waals surface area contributed by atoms with Gasteiger partial charge in [0.25, 0.3) is 11.8 Å². The average Bonchev–Trinajstić information content (AvgIpc) is 3.21. The van der Waals surface area contributed by atoms with E-state index in [1.54, 1.807) is 12.1 Å². The molecule has 30 heavy (non-hydrogen) atoms. The quantitative estimate of drug-likeness (QED) is 0.774. The molecule has 2 heterocycles. The Bertz CT molecular complexity index is 1030. The summed E-state index contributed by atoms with van der Waals surface area (Å²) in [4.78, 5) is 39.5. The molecule has 2 aromatic carbocycles. The Hall–Kier alpha value is -3.55. The summed E-state index contributed by atoms with van der Waals surface area (Å²) >= 11 is 0. The zero-order valence-corrected chi connectivity index (χ0v) is 17.1. The molecule has 2 aliphatic heterocycles. The predicted molar refractivity (Wildman–Crippen MR) is 112 cm³/mol. The Morgan fingerprint density at radius 1 is 1.03 bits per heavy atom.